The summed E-state index contributed by atoms with van der Waals surface area (Å²) >= 11 is 0. The zero-order valence-electron chi connectivity index (χ0n) is 12.7. The van der Waals surface area contributed by atoms with Crippen LogP contribution in [0.1, 0.15) is 31.7 Å². The van der Waals surface area contributed by atoms with Crippen LogP contribution in [-0.4, -0.2) is 47.8 Å². The number of amides is 1. The van der Waals surface area contributed by atoms with Gasteiger partial charge in [-0.05, 0) is 30.5 Å². The van der Waals surface area contributed by atoms with Crippen molar-refractivity contribution in [3.8, 4) is 0 Å². The highest BCUT2D eigenvalue weighted by molar-refractivity contribution is 5.77. The van der Waals surface area contributed by atoms with E-state index in [1.165, 1.54) is 0 Å². The molecule has 0 saturated carbocycles. The van der Waals surface area contributed by atoms with Gasteiger partial charge >= 0.3 is 0 Å². The molecule has 1 fully saturated rings. The molecule has 5 heteroatoms. The molecule has 116 valence electrons. The summed E-state index contributed by atoms with van der Waals surface area (Å²) in [6, 6.07) is 7.70. The minimum Gasteiger partial charge on any atom is -0.399 e. The minimum absolute atomic E-state index is 0.0516. The number of hydrogen-bond acceptors (Lipinski definition) is 4. The molecule has 0 aromatic heterocycles. The lowest BCUT2D eigenvalue weighted by atomic mass is 9.96. The van der Waals surface area contributed by atoms with Crippen LogP contribution in [0.4, 0.5) is 5.69 Å². The smallest absolute Gasteiger partial charge is 0.223 e. The molecule has 0 bridgehead atoms. The Morgan fingerprint density at radius 2 is 2.14 bits per heavy atom. The number of anilines is 1. The average Bonchev–Trinajstić information content (AvgIpc) is 2.48. The zero-order valence-corrected chi connectivity index (χ0v) is 12.7. The molecule has 1 saturated heterocycles. The van der Waals surface area contributed by atoms with E-state index in [-0.39, 0.29) is 30.6 Å². The van der Waals surface area contributed by atoms with E-state index in [0.29, 0.717) is 19.6 Å². The fourth-order valence-electron chi connectivity index (χ4n) is 2.60. The molecule has 1 aromatic carbocycles. The lowest BCUT2D eigenvalue weighted by Crippen LogP contribution is -2.52. The molecule has 0 spiro atoms. The van der Waals surface area contributed by atoms with Gasteiger partial charge in [-0.25, -0.2) is 0 Å². The van der Waals surface area contributed by atoms with Crippen LogP contribution >= 0.6 is 0 Å². The lowest BCUT2D eigenvalue weighted by Gasteiger charge is -2.38. The molecule has 1 aliphatic heterocycles. The Hall–Kier alpha value is -1.59. The van der Waals surface area contributed by atoms with Gasteiger partial charge < -0.3 is 20.5 Å². The summed E-state index contributed by atoms with van der Waals surface area (Å²) in [6.45, 7) is 4.90. The number of nitrogens with zero attached hydrogens (tertiary/aromatic N) is 1. The first kappa shape index (κ1) is 15.8. The lowest BCUT2D eigenvalue weighted by molar-refractivity contribution is -0.146. The fourth-order valence-corrected chi connectivity index (χ4v) is 2.60. The molecular weight excluding hydrogens is 268 g/mol. The first-order valence-corrected chi connectivity index (χ1v) is 7.38. The van der Waals surface area contributed by atoms with E-state index < -0.39 is 0 Å². The Kier molecular flexibility index (Phi) is 5.20. The van der Waals surface area contributed by atoms with Crippen LogP contribution in [0.2, 0.25) is 0 Å². The predicted octanol–water partition coefficient (Wildman–Crippen LogP) is 1.37. The van der Waals surface area contributed by atoms with Gasteiger partial charge in [0.2, 0.25) is 5.91 Å². The Balaban J connectivity index is 1.97. The van der Waals surface area contributed by atoms with Gasteiger partial charge in [0, 0.05) is 18.7 Å². The van der Waals surface area contributed by atoms with Crippen molar-refractivity contribution in [1.82, 2.24) is 4.90 Å². The molecule has 1 aromatic rings. The molecule has 0 radical (unpaired) electrons. The van der Waals surface area contributed by atoms with Crippen molar-refractivity contribution >= 4 is 11.6 Å². The monoisotopic (exact) mass is 292 g/mol. The molecule has 3 unspecified atom stereocenters. The number of aliphatic hydroxyl groups is 1. The zero-order chi connectivity index (χ0) is 15.4. The van der Waals surface area contributed by atoms with Crippen LogP contribution in [-0.2, 0) is 9.53 Å². The third-order valence-electron chi connectivity index (χ3n) is 4.02. The SMILES string of the molecule is CC(CC(=O)N1CC(CO)OCC1C)c1ccc(N)cc1. The number of carbonyl (C=O) groups is 1. The maximum absolute atomic E-state index is 12.5. The molecule has 1 amide bonds. The van der Waals surface area contributed by atoms with Crippen molar-refractivity contribution < 1.29 is 14.6 Å². The van der Waals surface area contributed by atoms with Gasteiger partial charge in [0.05, 0.1) is 25.4 Å². The summed E-state index contributed by atoms with van der Waals surface area (Å²) in [5.41, 5.74) is 7.52. The summed E-state index contributed by atoms with van der Waals surface area (Å²) in [4.78, 5) is 14.3. The van der Waals surface area contributed by atoms with Crippen LogP contribution in [0.5, 0.6) is 0 Å². The first-order chi connectivity index (χ1) is 10.0. The van der Waals surface area contributed by atoms with Crippen molar-refractivity contribution in [2.45, 2.75) is 38.3 Å². The van der Waals surface area contributed by atoms with E-state index in [9.17, 15) is 9.90 Å². The number of ether oxygens (including phenoxy) is 1. The average molecular weight is 292 g/mol. The summed E-state index contributed by atoms with van der Waals surface area (Å²) < 4.78 is 5.46. The maximum atomic E-state index is 12.5. The van der Waals surface area contributed by atoms with Crippen molar-refractivity contribution in [3.63, 3.8) is 0 Å². The third-order valence-corrected chi connectivity index (χ3v) is 4.02. The van der Waals surface area contributed by atoms with Gasteiger partial charge in [-0.3, -0.25) is 4.79 Å². The number of nitrogens with two attached hydrogens (primary N) is 1. The van der Waals surface area contributed by atoms with Crippen LogP contribution in [0, 0.1) is 0 Å². The molecule has 0 aliphatic carbocycles. The molecule has 21 heavy (non-hydrogen) atoms. The normalized spacial score (nSPS) is 23.9. The molecule has 5 nitrogen and oxygen atoms in total. The van der Waals surface area contributed by atoms with Gasteiger partial charge in [0.1, 0.15) is 0 Å². The Labute approximate surface area is 125 Å². The highest BCUT2D eigenvalue weighted by Crippen LogP contribution is 2.23. The molecule has 3 atom stereocenters. The standard InChI is InChI=1S/C16H24N2O3/c1-11(13-3-5-14(17)6-4-13)7-16(20)18-8-15(9-19)21-10-12(18)2/h3-6,11-12,15,19H,7-10,17H2,1-2H3. The van der Waals surface area contributed by atoms with Crippen molar-refractivity contribution in [2.75, 3.05) is 25.5 Å². The van der Waals surface area contributed by atoms with E-state index in [2.05, 4.69) is 0 Å². The second-order valence-corrected chi connectivity index (χ2v) is 5.80. The van der Waals surface area contributed by atoms with E-state index in [1.54, 1.807) is 0 Å². The van der Waals surface area contributed by atoms with Gasteiger partial charge in [0.25, 0.3) is 0 Å². The summed E-state index contributed by atoms with van der Waals surface area (Å²) in [5.74, 6) is 0.245. The first-order valence-electron chi connectivity index (χ1n) is 7.38. The molecular formula is C16H24N2O3. The number of morpholine rings is 1. The van der Waals surface area contributed by atoms with Crippen molar-refractivity contribution in [1.29, 1.82) is 0 Å². The Bertz CT molecular complexity index is 475. The fraction of sp³-hybridized carbons (Fsp3) is 0.562. The second-order valence-electron chi connectivity index (χ2n) is 5.80. The Morgan fingerprint density at radius 3 is 2.76 bits per heavy atom. The molecule has 3 N–H and O–H groups in total. The number of nitrogen functional groups attached to an aromatic ring is 1. The molecule has 2 rings (SSSR count). The van der Waals surface area contributed by atoms with Crippen LogP contribution in [0.25, 0.3) is 0 Å². The number of rotatable bonds is 4. The highest BCUT2D eigenvalue weighted by atomic mass is 16.5. The highest BCUT2D eigenvalue weighted by Gasteiger charge is 2.29. The largest absolute Gasteiger partial charge is 0.399 e. The van der Waals surface area contributed by atoms with Crippen LogP contribution in [0.15, 0.2) is 24.3 Å². The number of benzene rings is 1. The van der Waals surface area contributed by atoms with E-state index >= 15 is 0 Å². The van der Waals surface area contributed by atoms with Gasteiger partial charge in [-0.1, -0.05) is 19.1 Å². The minimum atomic E-state index is -0.267. The van der Waals surface area contributed by atoms with Crippen molar-refractivity contribution in [3.05, 3.63) is 29.8 Å². The third kappa shape index (κ3) is 3.95. The number of carbonyl (C=O) groups excluding carboxylic acids is 1. The molecule has 1 heterocycles. The topological polar surface area (TPSA) is 75.8 Å². The van der Waals surface area contributed by atoms with Crippen LogP contribution < -0.4 is 5.73 Å². The Morgan fingerprint density at radius 1 is 1.48 bits per heavy atom. The maximum Gasteiger partial charge on any atom is 0.223 e. The summed E-state index contributed by atoms with van der Waals surface area (Å²) in [7, 11) is 0. The molecule has 1 aliphatic rings. The van der Waals surface area contributed by atoms with E-state index in [4.69, 9.17) is 10.5 Å². The quantitative estimate of drug-likeness (QED) is 0.822. The number of aliphatic hydroxyl groups excluding tert-OH is 1. The summed E-state index contributed by atoms with van der Waals surface area (Å²) in [6.07, 6.45) is 0.184. The van der Waals surface area contributed by atoms with E-state index in [1.807, 2.05) is 43.0 Å². The van der Waals surface area contributed by atoms with Crippen molar-refractivity contribution in [2.24, 2.45) is 0 Å². The van der Waals surface area contributed by atoms with E-state index in [0.717, 1.165) is 11.3 Å². The number of hydrogen-bond donors (Lipinski definition) is 2. The second kappa shape index (κ2) is 6.91. The summed E-state index contributed by atoms with van der Waals surface area (Å²) in [5, 5.41) is 9.19. The predicted molar refractivity (Wildman–Crippen MR) is 81.9 cm³/mol. The van der Waals surface area contributed by atoms with Gasteiger partial charge in [0.15, 0.2) is 0 Å². The van der Waals surface area contributed by atoms with Gasteiger partial charge in [-0.15, -0.1) is 0 Å². The van der Waals surface area contributed by atoms with Crippen LogP contribution in [0.3, 0.4) is 0 Å². The van der Waals surface area contributed by atoms with Gasteiger partial charge in [-0.2, -0.15) is 0 Å².